The lowest BCUT2D eigenvalue weighted by atomic mass is 9.95. The Hall–Kier alpha value is -4.96. The summed E-state index contributed by atoms with van der Waals surface area (Å²) >= 11 is 0. The Bertz CT molecular complexity index is 1470. The van der Waals surface area contributed by atoms with Gasteiger partial charge in [0.1, 0.15) is 17.2 Å². The fourth-order valence-electron chi connectivity index (χ4n) is 4.09. The van der Waals surface area contributed by atoms with Crippen molar-refractivity contribution in [1.82, 2.24) is 20.4 Å². The number of carbonyl (C=O) groups is 3. The van der Waals surface area contributed by atoms with Crippen LogP contribution in [0.5, 0.6) is 17.2 Å². The monoisotopic (exact) mass is 526 g/mol. The summed E-state index contributed by atoms with van der Waals surface area (Å²) in [5.74, 6) is -0.309. The molecule has 1 aliphatic heterocycles. The summed E-state index contributed by atoms with van der Waals surface area (Å²) in [4.78, 5) is 36.7. The molecule has 0 atom stereocenters. The third-order valence-electron chi connectivity index (χ3n) is 6.24. The number of urea groups is 1. The fraction of sp³-hybridized carbons (Fsp3) is 0.172. The summed E-state index contributed by atoms with van der Waals surface area (Å²) in [5.41, 5.74) is 2.03. The van der Waals surface area contributed by atoms with Gasteiger partial charge in [0.05, 0.1) is 18.0 Å². The average molecular weight is 527 g/mol. The number of aryl methyl sites for hydroxylation is 1. The van der Waals surface area contributed by atoms with Crippen LogP contribution in [0.25, 0.3) is 16.9 Å². The van der Waals surface area contributed by atoms with Crippen LogP contribution in [0.2, 0.25) is 0 Å². The molecule has 0 saturated carbocycles. The molecule has 0 bridgehead atoms. The Morgan fingerprint density at radius 2 is 1.38 bits per heavy atom. The minimum Gasteiger partial charge on any atom is -0.467 e. The van der Waals surface area contributed by atoms with Crippen LogP contribution in [0.15, 0.2) is 85.1 Å². The summed E-state index contributed by atoms with van der Waals surface area (Å²) in [6.07, 6.45) is 1.84. The third kappa shape index (κ3) is 5.51. The molecule has 0 radical (unpaired) electrons. The molecule has 4 amide bonds. The average Bonchev–Trinajstić information content (AvgIpc) is 3.42. The molecule has 5 rings (SSSR count). The molecule has 3 aromatic carbocycles. The van der Waals surface area contributed by atoms with Crippen molar-refractivity contribution in [3.63, 3.8) is 0 Å². The number of rotatable bonds is 9. The number of amides is 4. The Labute approximate surface area is 224 Å². The van der Waals surface area contributed by atoms with Crippen LogP contribution in [0.3, 0.4) is 0 Å². The standard InChI is InChI=1S/C29H26N4O6/c1-19-3-7-21(8-4-19)33-17-15-25(32-33)20-5-9-22(10-6-20)38-23-11-13-24(14-12-23)39-29(16-18-37-2)26(34)30-28(36)31-27(29)35/h3-15,17H,16,18H2,1-2H3,(H2,30,31,34,35,36). The number of ether oxygens (including phenoxy) is 3. The molecule has 1 aliphatic rings. The highest BCUT2D eigenvalue weighted by atomic mass is 16.5. The molecular formula is C29H26N4O6. The second-order valence-electron chi connectivity index (χ2n) is 8.99. The number of nitrogens with one attached hydrogen (secondary N) is 2. The van der Waals surface area contributed by atoms with Gasteiger partial charge in [-0.25, -0.2) is 9.48 Å². The number of aromatic nitrogens is 2. The van der Waals surface area contributed by atoms with E-state index in [1.807, 2.05) is 72.4 Å². The van der Waals surface area contributed by atoms with Gasteiger partial charge in [-0.15, -0.1) is 0 Å². The lowest BCUT2D eigenvalue weighted by molar-refractivity contribution is -0.153. The maximum atomic E-state index is 12.6. The fourth-order valence-corrected chi connectivity index (χ4v) is 4.09. The summed E-state index contributed by atoms with van der Waals surface area (Å²) in [6, 6.07) is 23.2. The molecule has 1 aromatic heterocycles. The Kier molecular flexibility index (Phi) is 7.11. The highest BCUT2D eigenvalue weighted by Crippen LogP contribution is 2.29. The molecule has 10 heteroatoms. The van der Waals surface area contributed by atoms with Gasteiger partial charge in [0.2, 0.25) is 0 Å². The first kappa shape index (κ1) is 25.7. The lowest BCUT2D eigenvalue weighted by Crippen LogP contribution is -2.69. The Balaban J connectivity index is 1.25. The van der Waals surface area contributed by atoms with Crippen LogP contribution in [0.1, 0.15) is 12.0 Å². The smallest absolute Gasteiger partial charge is 0.328 e. The van der Waals surface area contributed by atoms with Crippen LogP contribution >= 0.6 is 0 Å². The molecular weight excluding hydrogens is 500 g/mol. The molecule has 0 spiro atoms. The van der Waals surface area contributed by atoms with Crippen molar-refractivity contribution in [3.05, 3.63) is 90.6 Å². The zero-order valence-electron chi connectivity index (χ0n) is 21.3. The van der Waals surface area contributed by atoms with E-state index in [2.05, 4.69) is 15.7 Å². The van der Waals surface area contributed by atoms with E-state index in [0.29, 0.717) is 11.5 Å². The Morgan fingerprint density at radius 1 is 0.795 bits per heavy atom. The molecule has 2 N–H and O–H groups in total. The van der Waals surface area contributed by atoms with Gasteiger partial charge >= 0.3 is 6.03 Å². The molecule has 2 heterocycles. The van der Waals surface area contributed by atoms with Gasteiger partial charge < -0.3 is 14.2 Å². The van der Waals surface area contributed by atoms with Gasteiger partial charge in [-0.05, 0) is 73.7 Å². The summed E-state index contributed by atoms with van der Waals surface area (Å²) in [6.45, 7) is 2.11. The zero-order chi connectivity index (χ0) is 27.4. The number of hydrogen-bond donors (Lipinski definition) is 2. The van der Waals surface area contributed by atoms with Gasteiger partial charge in [0.15, 0.2) is 0 Å². The predicted molar refractivity (Wildman–Crippen MR) is 142 cm³/mol. The minimum atomic E-state index is -1.94. The Morgan fingerprint density at radius 3 is 2.00 bits per heavy atom. The van der Waals surface area contributed by atoms with Crippen LogP contribution in [0.4, 0.5) is 4.79 Å². The van der Waals surface area contributed by atoms with E-state index in [1.165, 1.54) is 12.7 Å². The predicted octanol–water partition coefficient (Wildman–Crippen LogP) is 4.16. The zero-order valence-corrected chi connectivity index (χ0v) is 21.3. The van der Waals surface area contributed by atoms with Crippen molar-refractivity contribution in [3.8, 4) is 34.2 Å². The second-order valence-corrected chi connectivity index (χ2v) is 8.99. The molecule has 0 unspecified atom stereocenters. The van der Waals surface area contributed by atoms with E-state index in [1.54, 1.807) is 24.3 Å². The van der Waals surface area contributed by atoms with Gasteiger partial charge in [-0.2, -0.15) is 5.10 Å². The number of barbiturate groups is 1. The topological polar surface area (TPSA) is 121 Å². The van der Waals surface area contributed by atoms with Crippen molar-refractivity contribution in [1.29, 1.82) is 0 Å². The van der Waals surface area contributed by atoms with Gasteiger partial charge in [-0.1, -0.05) is 17.7 Å². The largest absolute Gasteiger partial charge is 0.467 e. The van der Waals surface area contributed by atoms with Gasteiger partial charge in [0, 0.05) is 25.3 Å². The first-order valence-corrected chi connectivity index (χ1v) is 12.2. The number of benzene rings is 3. The molecule has 4 aromatic rings. The van der Waals surface area contributed by atoms with Gasteiger partial charge in [-0.3, -0.25) is 20.2 Å². The first-order valence-electron chi connectivity index (χ1n) is 12.2. The van der Waals surface area contributed by atoms with Crippen LogP contribution in [-0.4, -0.2) is 46.9 Å². The van der Waals surface area contributed by atoms with Crippen molar-refractivity contribution in [2.75, 3.05) is 13.7 Å². The van der Waals surface area contributed by atoms with Gasteiger partial charge in [0.25, 0.3) is 17.4 Å². The first-order chi connectivity index (χ1) is 18.9. The number of hydrogen-bond acceptors (Lipinski definition) is 7. The number of imide groups is 2. The number of methoxy groups -OCH3 is 1. The van der Waals surface area contributed by atoms with E-state index in [0.717, 1.165) is 16.9 Å². The van der Waals surface area contributed by atoms with E-state index in [4.69, 9.17) is 14.2 Å². The third-order valence-corrected chi connectivity index (χ3v) is 6.24. The van der Waals surface area contributed by atoms with Crippen LogP contribution in [0, 0.1) is 6.92 Å². The summed E-state index contributed by atoms with van der Waals surface area (Å²) in [5, 5.41) is 8.83. The lowest BCUT2D eigenvalue weighted by Gasteiger charge is -2.34. The van der Waals surface area contributed by atoms with Crippen LogP contribution < -0.4 is 20.1 Å². The van der Waals surface area contributed by atoms with Crippen molar-refractivity contribution < 1.29 is 28.6 Å². The molecule has 1 fully saturated rings. The number of carbonyl (C=O) groups excluding carboxylic acids is 3. The highest BCUT2D eigenvalue weighted by Gasteiger charge is 2.52. The van der Waals surface area contributed by atoms with E-state index >= 15 is 0 Å². The van der Waals surface area contributed by atoms with Crippen molar-refractivity contribution in [2.24, 2.45) is 0 Å². The summed E-state index contributed by atoms with van der Waals surface area (Å²) in [7, 11) is 1.44. The maximum Gasteiger partial charge on any atom is 0.328 e. The summed E-state index contributed by atoms with van der Waals surface area (Å²) < 4.78 is 18.6. The molecule has 198 valence electrons. The normalized spacial score (nSPS) is 14.5. The quantitative estimate of drug-likeness (QED) is 0.314. The van der Waals surface area contributed by atoms with Crippen molar-refractivity contribution in [2.45, 2.75) is 18.9 Å². The van der Waals surface area contributed by atoms with E-state index < -0.39 is 23.4 Å². The highest BCUT2D eigenvalue weighted by molar-refractivity contribution is 6.21. The second kappa shape index (κ2) is 10.8. The maximum absolute atomic E-state index is 12.6. The minimum absolute atomic E-state index is 0.0679. The molecule has 39 heavy (non-hydrogen) atoms. The van der Waals surface area contributed by atoms with Crippen LogP contribution in [-0.2, 0) is 14.3 Å². The molecule has 1 saturated heterocycles. The SMILES string of the molecule is COCCC1(Oc2ccc(Oc3ccc(-c4ccn(-c5ccc(C)cc5)n4)cc3)cc2)C(=O)NC(=O)NC1=O. The van der Waals surface area contributed by atoms with E-state index in [9.17, 15) is 14.4 Å². The van der Waals surface area contributed by atoms with E-state index in [-0.39, 0.29) is 18.8 Å². The van der Waals surface area contributed by atoms with Crippen molar-refractivity contribution >= 4 is 17.8 Å². The molecule has 10 nitrogen and oxygen atoms in total. The molecule has 0 aliphatic carbocycles. The number of nitrogens with zero attached hydrogens (tertiary/aromatic N) is 2.